The topological polar surface area (TPSA) is 85.5 Å². The fourth-order valence-corrected chi connectivity index (χ4v) is 5.07. The van der Waals surface area contributed by atoms with Gasteiger partial charge in [-0.3, -0.25) is 19.5 Å². The highest BCUT2D eigenvalue weighted by atomic mass is 16.5. The molecule has 4 rings (SSSR count). The third-order valence-electron chi connectivity index (χ3n) is 6.87. The Balaban J connectivity index is 1.20. The van der Waals surface area contributed by atoms with E-state index in [0.717, 1.165) is 58.4 Å². The lowest BCUT2D eigenvalue weighted by atomic mass is 10.2. The largest absolute Gasteiger partial charge is 0.447 e. The van der Waals surface area contributed by atoms with E-state index in [0.29, 0.717) is 31.3 Å². The summed E-state index contributed by atoms with van der Waals surface area (Å²) in [5.41, 5.74) is 0.422. The summed E-state index contributed by atoms with van der Waals surface area (Å²) < 4.78 is 10.6. The van der Waals surface area contributed by atoms with Crippen molar-refractivity contribution >= 4 is 5.91 Å². The van der Waals surface area contributed by atoms with Crippen LogP contribution in [0, 0.1) is 0 Å². The second-order valence-electron chi connectivity index (χ2n) is 9.08. The van der Waals surface area contributed by atoms with E-state index in [1.807, 2.05) is 4.90 Å². The van der Waals surface area contributed by atoms with Crippen molar-refractivity contribution in [3.05, 3.63) is 17.8 Å². The summed E-state index contributed by atoms with van der Waals surface area (Å²) in [6.07, 6.45) is 6.37. The molecule has 0 aromatic carbocycles. The smallest absolute Gasteiger partial charge is 0.275 e. The molecule has 1 aliphatic carbocycles. The van der Waals surface area contributed by atoms with Crippen molar-refractivity contribution in [2.24, 2.45) is 0 Å². The molecule has 2 aliphatic heterocycles. The van der Waals surface area contributed by atoms with Crippen molar-refractivity contribution in [3.8, 4) is 0 Å². The number of carbonyl (C=O) groups is 1. The van der Waals surface area contributed by atoms with Crippen LogP contribution in [0.15, 0.2) is 10.7 Å². The van der Waals surface area contributed by atoms with Gasteiger partial charge in [0, 0.05) is 72.1 Å². The highest BCUT2D eigenvalue weighted by Gasteiger charge is 2.29. The van der Waals surface area contributed by atoms with E-state index in [4.69, 9.17) is 9.15 Å². The molecule has 1 N–H and O–H groups in total. The van der Waals surface area contributed by atoms with Crippen molar-refractivity contribution in [3.63, 3.8) is 0 Å². The minimum atomic E-state index is -0.447. The first-order chi connectivity index (χ1) is 15.1. The van der Waals surface area contributed by atoms with Crippen LogP contribution in [0.3, 0.4) is 0 Å². The second-order valence-corrected chi connectivity index (χ2v) is 9.08. The number of methoxy groups -OCH3 is 1. The van der Waals surface area contributed by atoms with Crippen molar-refractivity contribution in [1.29, 1.82) is 0 Å². The quantitative estimate of drug-likeness (QED) is 0.632. The van der Waals surface area contributed by atoms with E-state index in [-0.39, 0.29) is 5.91 Å². The molecule has 1 unspecified atom stereocenters. The Bertz CT molecular complexity index is 692. The van der Waals surface area contributed by atoms with Crippen molar-refractivity contribution in [2.75, 3.05) is 72.6 Å². The molecule has 9 nitrogen and oxygen atoms in total. The van der Waals surface area contributed by atoms with Crippen LogP contribution in [0.5, 0.6) is 0 Å². The lowest BCUT2D eigenvalue weighted by Crippen LogP contribution is -2.51. The van der Waals surface area contributed by atoms with Gasteiger partial charge in [0.1, 0.15) is 6.26 Å². The normalized spacial score (nSPS) is 23.5. The molecular weight excluding hydrogens is 398 g/mol. The van der Waals surface area contributed by atoms with Crippen molar-refractivity contribution in [2.45, 2.75) is 44.4 Å². The first-order valence-corrected chi connectivity index (χ1v) is 11.7. The van der Waals surface area contributed by atoms with Gasteiger partial charge in [-0.1, -0.05) is 12.8 Å². The van der Waals surface area contributed by atoms with E-state index in [9.17, 15) is 9.90 Å². The maximum absolute atomic E-state index is 12.9. The van der Waals surface area contributed by atoms with Gasteiger partial charge in [-0.2, -0.15) is 0 Å². The molecule has 3 aliphatic rings. The third-order valence-corrected chi connectivity index (χ3v) is 6.87. The predicted octanol–water partition coefficient (Wildman–Crippen LogP) is 0.500. The Kier molecular flexibility index (Phi) is 7.95. The Morgan fingerprint density at radius 2 is 1.81 bits per heavy atom. The summed E-state index contributed by atoms with van der Waals surface area (Å²) in [5.74, 6) is 0.582. The van der Waals surface area contributed by atoms with Gasteiger partial charge in [-0.15, -0.1) is 0 Å². The summed E-state index contributed by atoms with van der Waals surface area (Å²) in [4.78, 5) is 26.3. The molecule has 1 saturated carbocycles. The SMILES string of the molecule is COCC(O)CN1CCN(Cc2nc(C(=O)N3CCN(C4CCCC4)CC3)co2)CC1. The van der Waals surface area contributed by atoms with Crippen LogP contribution in [0.1, 0.15) is 42.1 Å². The summed E-state index contributed by atoms with van der Waals surface area (Å²) in [6.45, 7) is 8.62. The van der Waals surface area contributed by atoms with E-state index >= 15 is 0 Å². The van der Waals surface area contributed by atoms with E-state index in [2.05, 4.69) is 19.7 Å². The number of aliphatic hydroxyl groups is 1. The minimum absolute atomic E-state index is 0.0157. The summed E-state index contributed by atoms with van der Waals surface area (Å²) in [5, 5.41) is 9.89. The van der Waals surface area contributed by atoms with Gasteiger partial charge in [0.05, 0.1) is 19.3 Å². The average molecular weight is 436 g/mol. The van der Waals surface area contributed by atoms with Gasteiger partial charge in [0.15, 0.2) is 5.69 Å². The Morgan fingerprint density at radius 1 is 1.13 bits per heavy atom. The number of carbonyl (C=O) groups excluding carboxylic acids is 1. The molecule has 1 aromatic rings. The van der Waals surface area contributed by atoms with Crippen LogP contribution in [0.25, 0.3) is 0 Å². The standard InChI is InChI=1S/C22H37N5O4/c1-30-16-19(28)14-24-6-8-25(9-7-24)15-21-23-20(17-31-21)22(29)27-12-10-26(11-13-27)18-4-2-3-5-18/h17-19,28H,2-16H2,1H3. The molecule has 1 amide bonds. The van der Waals surface area contributed by atoms with E-state index < -0.39 is 6.10 Å². The first-order valence-electron chi connectivity index (χ1n) is 11.7. The van der Waals surface area contributed by atoms with Crippen LogP contribution in [-0.2, 0) is 11.3 Å². The number of aliphatic hydroxyl groups excluding tert-OH is 1. The zero-order valence-corrected chi connectivity index (χ0v) is 18.7. The maximum Gasteiger partial charge on any atom is 0.275 e. The number of ether oxygens (including phenoxy) is 1. The lowest BCUT2D eigenvalue weighted by Gasteiger charge is -2.37. The monoisotopic (exact) mass is 435 g/mol. The number of β-amino-alcohol motifs (C(OH)–C–C–N with tert-alkyl or cyclic N) is 1. The summed E-state index contributed by atoms with van der Waals surface area (Å²) in [6, 6.07) is 0.722. The van der Waals surface area contributed by atoms with Gasteiger partial charge in [0.25, 0.3) is 5.91 Å². The zero-order valence-electron chi connectivity index (χ0n) is 18.7. The highest BCUT2D eigenvalue weighted by Crippen LogP contribution is 2.24. The molecule has 0 spiro atoms. The lowest BCUT2D eigenvalue weighted by molar-refractivity contribution is 0.0221. The van der Waals surface area contributed by atoms with Crippen LogP contribution in [0.4, 0.5) is 0 Å². The van der Waals surface area contributed by atoms with Gasteiger partial charge in [0.2, 0.25) is 5.89 Å². The Hall–Kier alpha value is -1.52. The van der Waals surface area contributed by atoms with Crippen LogP contribution >= 0.6 is 0 Å². The number of hydrogen-bond donors (Lipinski definition) is 1. The summed E-state index contributed by atoms with van der Waals surface area (Å²) in [7, 11) is 1.60. The number of aromatic nitrogens is 1. The molecular formula is C22H37N5O4. The molecule has 0 radical (unpaired) electrons. The van der Waals surface area contributed by atoms with Crippen LogP contribution in [-0.4, -0.2) is 120 Å². The molecule has 0 bridgehead atoms. The zero-order chi connectivity index (χ0) is 21.6. The molecule has 174 valence electrons. The maximum atomic E-state index is 12.9. The van der Waals surface area contributed by atoms with Crippen molar-refractivity contribution in [1.82, 2.24) is 24.6 Å². The molecule has 3 fully saturated rings. The fraction of sp³-hybridized carbons (Fsp3) is 0.818. The van der Waals surface area contributed by atoms with Crippen molar-refractivity contribution < 1.29 is 19.1 Å². The number of piperazine rings is 2. The Labute approximate surface area is 184 Å². The molecule has 1 aromatic heterocycles. The predicted molar refractivity (Wildman–Crippen MR) is 116 cm³/mol. The minimum Gasteiger partial charge on any atom is -0.447 e. The van der Waals surface area contributed by atoms with Gasteiger partial charge in [-0.05, 0) is 12.8 Å². The number of rotatable bonds is 8. The van der Waals surface area contributed by atoms with Gasteiger partial charge < -0.3 is 19.2 Å². The molecule has 9 heteroatoms. The molecule has 1 atom stereocenters. The molecule has 2 saturated heterocycles. The van der Waals surface area contributed by atoms with Crippen LogP contribution in [0.2, 0.25) is 0 Å². The second kappa shape index (κ2) is 10.9. The first kappa shape index (κ1) is 22.7. The molecule has 31 heavy (non-hydrogen) atoms. The average Bonchev–Trinajstić information content (AvgIpc) is 3.47. The summed E-state index contributed by atoms with van der Waals surface area (Å²) >= 11 is 0. The van der Waals surface area contributed by atoms with Crippen LogP contribution < -0.4 is 0 Å². The van der Waals surface area contributed by atoms with Gasteiger partial charge >= 0.3 is 0 Å². The Morgan fingerprint density at radius 3 is 2.48 bits per heavy atom. The number of amides is 1. The van der Waals surface area contributed by atoms with Gasteiger partial charge in [-0.25, -0.2) is 4.98 Å². The van der Waals surface area contributed by atoms with E-state index in [1.165, 1.54) is 31.9 Å². The number of nitrogens with zero attached hydrogens (tertiary/aromatic N) is 5. The third kappa shape index (κ3) is 6.04. The highest BCUT2D eigenvalue weighted by molar-refractivity contribution is 5.92. The molecule has 3 heterocycles. The number of hydrogen-bond acceptors (Lipinski definition) is 8. The van der Waals surface area contributed by atoms with E-state index in [1.54, 1.807) is 7.11 Å². The number of oxazole rings is 1. The fourth-order valence-electron chi connectivity index (χ4n) is 5.07.